The fraction of sp³-hybridized carbons (Fsp3) is 0.143. The summed E-state index contributed by atoms with van der Waals surface area (Å²) < 4.78 is 44.6. The topological polar surface area (TPSA) is 154 Å². The van der Waals surface area contributed by atoms with Crippen LogP contribution in [0.3, 0.4) is 0 Å². The third-order valence-corrected chi connectivity index (χ3v) is 7.70. The second-order valence-electron chi connectivity index (χ2n) is 8.66. The average Bonchev–Trinajstić information content (AvgIpc) is 3.44. The number of nitrogens with one attached hydrogen (secondary N) is 1. The third-order valence-electron chi connectivity index (χ3n) is 5.92. The summed E-state index contributed by atoms with van der Waals surface area (Å²) in [7, 11) is -1.38. The number of rotatable bonds is 11. The number of carbonyl (C=O) groups is 1. The Morgan fingerprint density at radius 1 is 1.02 bits per heavy atom. The van der Waals surface area contributed by atoms with Crippen LogP contribution in [0, 0.1) is 17.0 Å². The summed E-state index contributed by atoms with van der Waals surface area (Å²) in [6, 6.07) is 19.9. The molecule has 0 aliphatic heterocycles. The first-order chi connectivity index (χ1) is 19.6. The molecule has 1 aromatic heterocycles. The number of benzene rings is 3. The van der Waals surface area contributed by atoms with Gasteiger partial charge in [0.15, 0.2) is 0 Å². The molecule has 212 valence electrons. The minimum Gasteiger partial charge on any atom is -0.497 e. The van der Waals surface area contributed by atoms with Gasteiger partial charge in [-0.05, 0) is 55.5 Å². The van der Waals surface area contributed by atoms with E-state index in [9.17, 15) is 23.3 Å². The van der Waals surface area contributed by atoms with Gasteiger partial charge in [-0.3, -0.25) is 19.2 Å². The van der Waals surface area contributed by atoms with E-state index < -0.39 is 27.4 Å². The maximum atomic E-state index is 13.7. The van der Waals surface area contributed by atoms with Gasteiger partial charge >= 0.3 is 0 Å². The zero-order valence-electron chi connectivity index (χ0n) is 22.3. The molecule has 1 N–H and O–H groups in total. The van der Waals surface area contributed by atoms with Crippen molar-refractivity contribution in [3.8, 4) is 22.8 Å². The van der Waals surface area contributed by atoms with Crippen molar-refractivity contribution in [2.24, 2.45) is 5.10 Å². The average molecular weight is 579 g/mol. The molecule has 0 unspecified atom stereocenters. The van der Waals surface area contributed by atoms with Gasteiger partial charge in [0.2, 0.25) is 0 Å². The molecule has 41 heavy (non-hydrogen) atoms. The van der Waals surface area contributed by atoms with Crippen LogP contribution in [0.25, 0.3) is 11.3 Å². The summed E-state index contributed by atoms with van der Waals surface area (Å²) in [4.78, 5) is 23.3. The summed E-state index contributed by atoms with van der Waals surface area (Å²) in [6.45, 7) is 1.21. The summed E-state index contributed by atoms with van der Waals surface area (Å²) in [5.41, 5.74) is 3.86. The lowest BCUT2D eigenvalue weighted by molar-refractivity contribution is -0.384. The minimum atomic E-state index is -4.21. The fourth-order valence-corrected chi connectivity index (χ4v) is 5.21. The second kappa shape index (κ2) is 12.3. The van der Waals surface area contributed by atoms with Gasteiger partial charge in [0.25, 0.3) is 21.6 Å². The zero-order valence-corrected chi connectivity index (χ0v) is 23.1. The number of carbonyl (C=O) groups excluding carboxylic acids is 1. The molecular weight excluding hydrogens is 552 g/mol. The highest BCUT2D eigenvalue weighted by Crippen LogP contribution is 2.35. The lowest BCUT2D eigenvalue weighted by Crippen LogP contribution is -2.39. The van der Waals surface area contributed by atoms with Gasteiger partial charge in [-0.15, -0.1) is 0 Å². The molecule has 0 radical (unpaired) electrons. The van der Waals surface area contributed by atoms with Crippen molar-refractivity contribution in [3.63, 3.8) is 0 Å². The van der Waals surface area contributed by atoms with E-state index in [1.165, 1.54) is 50.8 Å². The fourth-order valence-electron chi connectivity index (χ4n) is 3.79. The van der Waals surface area contributed by atoms with E-state index in [1.54, 1.807) is 48.5 Å². The van der Waals surface area contributed by atoms with Crippen LogP contribution in [0.4, 0.5) is 11.4 Å². The van der Waals surface area contributed by atoms with Crippen LogP contribution in [0.1, 0.15) is 11.3 Å². The van der Waals surface area contributed by atoms with E-state index in [0.29, 0.717) is 17.1 Å². The number of furan rings is 1. The molecule has 0 bridgehead atoms. The first-order valence-electron chi connectivity index (χ1n) is 12.1. The van der Waals surface area contributed by atoms with Crippen molar-refractivity contribution in [1.82, 2.24) is 5.43 Å². The molecule has 4 rings (SSSR count). The van der Waals surface area contributed by atoms with Crippen LogP contribution in [-0.2, 0) is 14.8 Å². The third kappa shape index (κ3) is 6.70. The summed E-state index contributed by atoms with van der Waals surface area (Å²) in [5.74, 6) is 0.575. The van der Waals surface area contributed by atoms with Gasteiger partial charge in [0.1, 0.15) is 29.6 Å². The SMILES string of the molecule is COc1ccc(OC)c(N(CC(=O)N/N=C\c2ccc(-c3ccc([N+](=O)[O-])cc3)o2)S(=O)(=O)c2ccc(C)cc2)c1. The van der Waals surface area contributed by atoms with Crippen LogP contribution in [0.2, 0.25) is 0 Å². The quantitative estimate of drug-likeness (QED) is 0.155. The van der Waals surface area contributed by atoms with Gasteiger partial charge in [-0.1, -0.05) is 17.7 Å². The number of hydrazone groups is 1. The standard InChI is InChI=1S/C28H26N4O8S/c1-19-4-12-24(13-5-19)41(36,37)31(25-16-22(38-2)10-15-27(25)39-3)18-28(33)30-29-17-23-11-14-26(40-23)20-6-8-21(9-7-20)32(34)35/h4-17H,18H2,1-3H3,(H,30,33)/b29-17-. The largest absolute Gasteiger partial charge is 0.497 e. The number of anilines is 1. The highest BCUT2D eigenvalue weighted by atomic mass is 32.2. The number of methoxy groups -OCH3 is 2. The predicted molar refractivity (Wildman–Crippen MR) is 152 cm³/mol. The molecule has 13 heteroatoms. The van der Waals surface area contributed by atoms with Crippen LogP contribution < -0.4 is 19.2 Å². The number of nitro groups is 1. The molecule has 4 aromatic rings. The lowest BCUT2D eigenvalue weighted by atomic mass is 10.1. The molecule has 0 saturated carbocycles. The van der Waals surface area contributed by atoms with E-state index in [1.807, 2.05) is 6.92 Å². The zero-order chi connectivity index (χ0) is 29.6. The maximum absolute atomic E-state index is 13.7. The molecule has 1 heterocycles. The van der Waals surface area contributed by atoms with Crippen molar-refractivity contribution in [1.29, 1.82) is 0 Å². The Bertz CT molecular complexity index is 1680. The molecule has 0 fully saturated rings. The van der Waals surface area contributed by atoms with Crippen molar-refractivity contribution < 1.29 is 32.0 Å². The van der Waals surface area contributed by atoms with Gasteiger partial charge in [0, 0.05) is 23.8 Å². The normalized spacial score (nSPS) is 11.3. The Morgan fingerprint density at radius 3 is 2.37 bits per heavy atom. The second-order valence-corrected chi connectivity index (χ2v) is 10.5. The van der Waals surface area contributed by atoms with Gasteiger partial charge in [-0.25, -0.2) is 13.8 Å². The highest BCUT2D eigenvalue weighted by Gasteiger charge is 2.30. The molecule has 0 aliphatic carbocycles. The number of nitro benzene ring substituents is 1. The summed E-state index contributed by atoms with van der Waals surface area (Å²) in [6.07, 6.45) is 1.25. The predicted octanol–water partition coefficient (Wildman–Crippen LogP) is 4.53. The molecule has 0 atom stereocenters. The molecule has 0 spiro atoms. The molecular formula is C28H26N4O8S. The van der Waals surface area contributed by atoms with Crippen LogP contribution >= 0.6 is 0 Å². The molecule has 0 aliphatic rings. The number of nitrogens with zero attached hydrogens (tertiary/aromatic N) is 3. The molecule has 0 saturated heterocycles. The van der Waals surface area contributed by atoms with Crippen molar-refractivity contribution in [3.05, 3.63) is 100 Å². The molecule has 3 aromatic carbocycles. The molecule has 12 nitrogen and oxygen atoms in total. The van der Waals surface area contributed by atoms with Gasteiger partial charge < -0.3 is 13.9 Å². The number of hydrogen-bond donors (Lipinski definition) is 1. The number of aryl methyl sites for hydroxylation is 1. The van der Waals surface area contributed by atoms with E-state index in [-0.39, 0.29) is 27.8 Å². The van der Waals surface area contributed by atoms with Crippen LogP contribution in [0.5, 0.6) is 11.5 Å². The highest BCUT2D eigenvalue weighted by molar-refractivity contribution is 7.92. The van der Waals surface area contributed by atoms with Crippen molar-refractivity contribution >= 4 is 33.5 Å². The Kier molecular flexibility index (Phi) is 8.68. The number of amides is 1. The van der Waals surface area contributed by atoms with Crippen molar-refractivity contribution in [2.75, 3.05) is 25.1 Å². The first-order valence-corrected chi connectivity index (χ1v) is 13.5. The smallest absolute Gasteiger partial charge is 0.269 e. The Morgan fingerprint density at radius 2 is 1.73 bits per heavy atom. The number of non-ortho nitro benzene ring substituents is 1. The van der Waals surface area contributed by atoms with E-state index in [4.69, 9.17) is 13.9 Å². The van der Waals surface area contributed by atoms with Gasteiger partial charge in [-0.2, -0.15) is 5.10 Å². The van der Waals surface area contributed by atoms with E-state index in [0.717, 1.165) is 9.87 Å². The van der Waals surface area contributed by atoms with E-state index >= 15 is 0 Å². The first kappa shape index (κ1) is 28.8. The maximum Gasteiger partial charge on any atom is 0.269 e. The number of ether oxygens (including phenoxy) is 2. The van der Waals surface area contributed by atoms with Gasteiger partial charge in [0.05, 0.1) is 35.9 Å². The monoisotopic (exact) mass is 578 g/mol. The van der Waals surface area contributed by atoms with Crippen molar-refractivity contribution in [2.45, 2.75) is 11.8 Å². The Balaban J connectivity index is 1.55. The summed E-state index contributed by atoms with van der Waals surface area (Å²) >= 11 is 0. The minimum absolute atomic E-state index is 0.0152. The summed E-state index contributed by atoms with van der Waals surface area (Å²) in [5, 5.41) is 14.7. The van der Waals surface area contributed by atoms with Crippen LogP contribution in [-0.4, -0.2) is 46.2 Å². The van der Waals surface area contributed by atoms with Crippen LogP contribution in [0.15, 0.2) is 93.3 Å². The number of hydrogen-bond acceptors (Lipinski definition) is 9. The Hall–Kier alpha value is -5.17. The Labute approximate surface area is 236 Å². The lowest BCUT2D eigenvalue weighted by Gasteiger charge is -2.25. The molecule has 1 amide bonds. The number of sulfonamides is 1. The van der Waals surface area contributed by atoms with E-state index in [2.05, 4.69) is 10.5 Å².